The number of nitrogens with zero attached hydrogens (tertiary/aromatic N) is 4. The fraction of sp³-hybridized carbons (Fsp3) is 0.588. The van der Waals surface area contributed by atoms with Gasteiger partial charge in [0, 0.05) is 24.7 Å². The van der Waals surface area contributed by atoms with Crippen LogP contribution in [0, 0.1) is 12.8 Å². The van der Waals surface area contributed by atoms with Gasteiger partial charge in [-0.1, -0.05) is 5.16 Å². The zero-order valence-electron chi connectivity index (χ0n) is 15.0. The van der Waals surface area contributed by atoms with E-state index in [9.17, 15) is 13.2 Å². The van der Waals surface area contributed by atoms with Crippen LogP contribution in [-0.2, 0) is 23.0 Å². The topological polar surface area (TPSA) is 112 Å². The molecule has 1 N–H and O–H groups in total. The standard InChI is InChI=1S/C17H21N5O4S/c1-10-15(7-18-26-10)27(24,25)21-5-4-13-14(9-21)19-20-16(13)17(23)22-8-11-2-3-12(22)6-11/h7,11-12H,2-6,8-9H2,1H3,(H,19,20)/t11-,12-/m0/s1. The predicted molar refractivity (Wildman–Crippen MR) is 93.3 cm³/mol. The summed E-state index contributed by atoms with van der Waals surface area (Å²) in [6, 6.07) is 0.340. The number of sulfonamides is 1. The van der Waals surface area contributed by atoms with Crippen LogP contribution in [0.5, 0.6) is 0 Å². The van der Waals surface area contributed by atoms with E-state index in [2.05, 4.69) is 15.4 Å². The number of carbonyl (C=O) groups is 1. The zero-order chi connectivity index (χ0) is 18.8. The van der Waals surface area contributed by atoms with Crippen molar-refractivity contribution in [1.29, 1.82) is 0 Å². The summed E-state index contributed by atoms with van der Waals surface area (Å²) in [5, 5.41) is 10.7. The highest BCUT2D eigenvalue weighted by atomic mass is 32.2. The van der Waals surface area contributed by atoms with Gasteiger partial charge in [0.15, 0.2) is 11.5 Å². The van der Waals surface area contributed by atoms with E-state index in [1.165, 1.54) is 16.9 Å². The maximum atomic E-state index is 13.0. The Morgan fingerprint density at radius 1 is 1.37 bits per heavy atom. The SMILES string of the molecule is Cc1oncc1S(=O)(=O)N1CCc2c(C(=O)N3C[C@H]4CC[C@H]3C4)n[nH]c2C1. The summed E-state index contributed by atoms with van der Waals surface area (Å²) >= 11 is 0. The summed E-state index contributed by atoms with van der Waals surface area (Å²) in [6.07, 6.45) is 5.07. The maximum Gasteiger partial charge on any atom is 0.274 e. The minimum atomic E-state index is -3.69. The lowest BCUT2D eigenvalue weighted by molar-refractivity contribution is 0.0696. The fourth-order valence-corrected chi connectivity index (χ4v) is 6.15. The van der Waals surface area contributed by atoms with Crippen LogP contribution in [0.1, 0.15) is 46.8 Å². The Kier molecular flexibility index (Phi) is 3.70. The Balaban J connectivity index is 1.39. The lowest BCUT2D eigenvalue weighted by Gasteiger charge is -2.28. The normalized spacial score (nSPS) is 25.1. The second-order valence-electron chi connectivity index (χ2n) is 7.65. The highest BCUT2D eigenvalue weighted by molar-refractivity contribution is 7.89. The van der Waals surface area contributed by atoms with Gasteiger partial charge in [-0.15, -0.1) is 0 Å². The first-order chi connectivity index (χ1) is 12.9. The number of aryl methyl sites for hydroxylation is 1. The molecule has 0 aromatic carbocycles. The van der Waals surface area contributed by atoms with Crippen molar-refractivity contribution in [2.24, 2.45) is 5.92 Å². The van der Waals surface area contributed by atoms with Gasteiger partial charge in [-0.05, 0) is 38.5 Å². The van der Waals surface area contributed by atoms with Crippen LogP contribution >= 0.6 is 0 Å². The molecular formula is C17H21N5O4S. The largest absolute Gasteiger partial charge is 0.360 e. The number of aromatic nitrogens is 3. The van der Waals surface area contributed by atoms with Crippen molar-refractivity contribution in [3.05, 3.63) is 28.9 Å². The molecular weight excluding hydrogens is 370 g/mol. The molecule has 10 heteroatoms. The molecule has 4 heterocycles. The first-order valence-corrected chi connectivity index (χ1v) is 10.7. The monoisotopic (exact) mass is 391 g/mol. The minimum absolute atomic E-state index is 0.0223. The summed E-state index contributed by atoms with van der Waals surface area (Å²) in [7, 11) is -3.69. The number of aromatic amines is 1. The van der Waals surface area contributed by atoms with Gasteiger partial charge in [0.1, 0.15) is 4.90 Å². The summed E-state index contributed by atoms with van der Waals surface area (Å²) in [4.78, 5) is 15.0. The van der Waals surface area contributed by atoms with E-state index in [1.54, 1.807) is 6.92 Å². The smallest absolute Gasteiger partial charge is 0.274 e. The maximum absolute atomic E-state index is 13.0. The molecule has 144 valence electrons. The van der Waals surface area contributed by atoms with Crippen LogP contribution in [0.15, 0.2) is 15.6 Å². The third kappa shape index (κ3) is 2.53. The van der Waals surface area contributed by atoms with Crippen molar-refractivity contribution in [3.8, 4) is 0 Å². The highest BCUT2D eigenvalue weighted by Crippen LogP contribution is 2.38. The molecule has 5 rings (SSSR count). The Bertz CT molecular complexity index is 1010. The van der Waals surface area contributed by atoms with Crippen molar-refractivity contribution in [2.45, 2.75) is 50.1 Å². The molecule has 0 spiro atoms. The van der Waals surface area contributed by atoms with E-state index in [4.69, 9.17) is 4.52 Å². The average Bonchev–Trinajstić information content (AvgIpc) is 3.43. The van der Waals surface area contributed by atoms with Gasteiger partial charge in [0.05, 0.1) is 18.4 Å². The number of H-pyrrole nitrogens is 1. The molecule has 1 saturated carbocycles. The first-order valence-electron chi connectivity index (χ1n) is 9.23. The number of fused-ring (bicyclic) bond motifs is 3. The molecule has 0 radical (unpaired) electrons. The van der Waals surface area contributed by atoms with Gasteiger partial charge in [-0.2, -0.15) is 9.40 Å². The van der Waals surface area contributed by atoms with Crippen LogP contribution in [0.25, 0.3) is 0 Å². The number of likely N-dealkylation sites (tertiary alicyclic amines) is 1. The summed E-state index contributed by atoms with van der Waals surface area (Å²) in [6.45, 7) is 2.85. The number of rotatable bonds is 3. The summed E-state index contributed by atoms with van der Waals surface area (Å²) in [5.74, 6) is 0.873. The number of piperidine rings is 1. The van der Waals surface area contributed by atoms with Gasteiger partial charge in [-0.25, -0.2) is 8.42 Å². The minimum Gasteiger partial charge on any atom is -0.360 e. The molecule has 2 atom stereocenters. The number of carbonyl (C=O) groups excluding carboxylic acids is 1. The molecule has 0 unspecified atom stereocenters. The Hall–Kier alpha value is -2.20. The summed E-state index contributed by atoms with van der Waals surface area (Å²) in [5.41, 5.74) is 1.98. The van der Waals surface area contributed by atoms with Crippen molar-refractivity contribution < 1.29 is 17.7 Å². The van der Waals surface area contributed by atoms with E-state index in [1.807, 2.05) is 4.90 Å². The third-order valence-electron chi connectivity index (χ3n) is 6.10. The predicted octanol–water partition coefficient (Wildman–Crippen LogP) is 1.08. The summed E-state index contributed by atoms with van der Waals surface area (Å²) < 4.78 is 31.9. The molecule has 3 aliphatic rings. The molecule has 27 heavy (non-hydrogen) atoms. The van der Waals surface area contributed by atoms with Crippen molar-refractivity contribution in [3.63, 3.8) is 0 Å². The van der Waals surface area contributed by atoms with Crippen LogP contribution < -0.4 is 0 Å². The second kappa shape index (κ2) is 5.90. The fourth-order valence-electron chi connectivity index (χ4n) is 4.66. The number of hydrogen-bond donors (Lipinski definition) is 1. The van der Waals surface area contributed by atoms with Crippen molar-refractivity contribution >= 4 is 15.9 Å². The molecule has 2 fully saturated rings. The van der Waals surface area contributed by atoms with E-state index < -0.39 is 10.0 Å². The van der Waals surface area contributed by atoms with E-state index in [0.717, 1.165) is 24.9 Å². The zero-order valence-corrected chi connectivity index (χ0v) is 15.8. The van der Waals surface area contributed by atoms with E-state index >= 15 is 0 Å². The molecule has 2 aromatic heterocycles. The van der Waals surface area contributed by atoms with E-state index in [-0.39, 0.29) is 23.1 Å². The van der Waals surface area contributed by atoms with Crippen molar-refractivity contribution in [1.82, 2.24) is 24.6 Å². The van der Waals surface area contributed by atoms with Gasteiger partial charge in [0.25, 0.3) is 5.91 Å². The second-order valence-corrected chi connectivity index (χ2v) is 9.56. The van der Waals surface area contributed by atoms with E-state index in [0.29, 0.717) is 36.3 Å². The first kappa shape index (κ1) is 16.9. The molecule has 2 aromatic rings. The van der Waals surface area contributed by atoms with Crippen LogP contribution in [0.3, 0.4) is 0 Å². The molecule has 9 nitrogen and oxygen atoms in total. The number of hydrogen-bond acceptors (Lipinski definition) is 6. The van der Waals surface area contributed by atoms with Crippen molar-refractivity contribution in [2.75, 3.05) is 13.1 Å². The van der Waals surface area contributed by atoms with Gasteiger partial charge >= 0.3 is 0 Å². The third-order valence-corrected chi connectivity index (χ3v) is 8.04. The number of nitrogens with one attached hydrogen (secondary N) is 1. The van der Waals surface area contributed by atoms with Gasteiger partial charge in [0.2, 0.25) is 10.0 Å². The quantitative estimate of drug-likeness (QED) is 0.838. The lowest BCUT2D eigenvalue weighted by Crippen LogP contribution is -2.39. The number of amides is 1. The van der Waals surface area contributed by atoms with Gasteiger partial charge < -0.3 is 9.42 Å². The Morgan fingerprint density at radius 2 is 2.22 bits per heavy atom. The highest BCUT2D eigenvalue weighted by Gasteiger charge is 2.42. The Labute approximate surface area is 156 Å². The molecule has 2 bridgehead atoms. The molecule has 1 saturated heterocycles. The molecule has 1 aliphatic carbocycles. The van der Waals surface area contributed by atoms with Crippen LogP contribution in [0.2, 0.25) is 0 Å². The molecule has 2 aliphatic heterocycles. The average molecular weight is 391 g/mol. The van der Waals surface area contributed by atoms with Gasteiger partial charge in [-0.3, -0.25) is 9.89 Å². The Morgan fingerprint density at radius 3 is 2.89 bits per heavy atom. The lowest BCUT2D eigenvalue weighted by atomic mass is 10.0. The molecule has 1 amide bonds. The van der Waals surface area contributed by atoms with Crippen LogP contribution in [0.4, 0.5) is 0 Å². The van der Waals surface area contributed by atoms with Crippen LogP contribution in [-0.4, -0.2) is 58.0 Å².